The van der Waals surface area contributed by atoms with Crippen molar-refractivity contribution in [3.05, 3.63) is 24.3 Å². The van der Waals surface area contributed by atoms with Gasteiger partial charge in [-0.3, -0.25) is 9.59 Å². The van der Waals surface area contributed by atoms with E-state index in [0.29, 0.717) is 59.8 Å². The number of ether oxygens (including phenoxy) is 4. The molecule has 0 unspecified atom stereocenters. The fraction of sp³-hybridized carbons (Fsp3) is 0.538. The number of unbranched alkanes of at least 4 members (excludes halogenated alkanes) is 4. The number of carbonyl (C=O) groups excluding carboxylic acids is 2. The smallest absolute Gasteiger partial charge is 0.311 e. The molecule has 0 bridgehead atoms. The molecule has 6 nitrogen and oxygen atoms in total. The second kappa shape index (κ2) is 13.6. The van der Waals surface area contributed by atoms with Gasteiger partial charge in [0.05, 0.1) is 13.2 Å². The van der Waals surface area contributed by atoms with Gasteiger partial charge in [-0.05, 0) is 44.9 Å². The Morgan fingerprint density at radius 2 is 1.31 bits per heavy atom. The van der Waals surface area contributed by atoms with Crippen LogP contribution in [0.4, 0.5) is 0 Å². The van der Waals surface area contributed by atoms with Crippen molar-refractivity contribution in [1.29, 1.82) is 0 Å². The SMILES string of the molecule is CCCCCC(=O)Oc1cc(OCC)c(OC(=O)CCCCC)c2ccc(OCC)cc12. The highest BCUT2D eigenvalue weighted by Gasteiger charge is 2.20. The predicted octanol–water partition coefficient (Wildman–Crippen LogP) is 6.61. The molecule has 0 amide bonds. The molecule has 2 rings (SSSR count). The third-order valence-corrected chi connectivity index (χ3v) is 5.01. The maximum atomic E-state index is 12.5. The van der Waals surface area contributed by atoms with Crippen LogP contribution in [0, 0.1) is 0 Å². The Kier molecular flexibility index (Phi) is 10.8. The van der Waals surface area contributed by atoms with Crippen LogP contribution in [-0.2, 0) is 9.59 Å². The summed E-state index contributed by atoms with van der Waals surface area (Å²) in [4.78, 5) is 24.9. The highest BCUT2D eigenvalue weighted by atomic mass is 16.6. The summed E-state index contributed by atoms with van der Waals surface area (Å²) < 4.78 is 22.9. The molecule has 6 heteroatoms. The fourth-order valence-electron chi connectivity index (χ4n) is 3.41. The molecule has 0 saturated carbocycles. The van der Waals surface area contributed by atoms with Crippen LogP contribution in [0.2, 0.25) is 0 Å². The minimum atomic E-state index is -0.307. The molecule has 0 fully saturated rings. The second-order valence-electron chi connectivity index (χ2n) is 7.64. The van der Waals surface area contributed by atoms with Crippen molar-refractivity contribution in [2.75, 3.05) is 13.2 Å². The van der Waals surface area contributed by atoms with Crippen molar-refractivity contribution in [3.63, 3.8) is 0 Å². The van der Waals surface area contributed by atoms with E-state index in [1.165, 1.54) is 0 Å². The molecular weight excluding hydrogens is 408 g/mol. The van der Waals surface area contributed by atoms with E-state index in [2.05, 4.69) is 13.8 Å². The highest BCUT2D eigenvalue weighted by molar-refractivity contribution is 5.99. The number of esters is 2. The summed E-state index contributed by atoms with van der Waals surface area (Å²) in [5.41, 5.74) is 0. The van der Waals surface area contributed by atoms with Crippen LogP contribution in [0.15, 0.2) is 24.3 Å². The average Bonchev–Trinajstić information content (AvgIpc) is 2.77. The Hall–Kier alpha value is -2.76. The summed E-state index contributed by atoms with van der Waals surface area (Å²) in [5, 5.41) is 1.28. The van der Waals surface area contributed by atoms with Gasteiger partial charge in [-0.25, -0.2) is 0 Å². The molecule has 0 heterocycles. The maximum absolute atomic E-state index is 12.5. The lowest BCUT2D eigenvalue weighted by Gasteiger charge is -2.17. The Bertz CT molecular complexity index is 890. The quantitative estimate of drug-likeness (QED) is 0.185. The number of benzene rings is 2. The summed E-state index contributed by atoms with van der Waals surface area (Å²) in [6, 6.07) is 7.06. The number of hydrogen-bond donors (Lipinski definition) is 0. The zero-order valence-corrected chi connectivity index (χ0v) is 19.8. The summed E-state index contributed by atoms with van der Waals surface area (Å²) in [6.07, 6.45) is 6.24. The van der Waals surface area contributed by atoms with E-state index in [0.717, 1.165) is 38.5 Å². The van der Waals surface area contributed by atoms with Gasteiger partial charge >= 0.3 is 11.9 Å². The second-order valence-corrected chi connectivity index (χ2v) is 7.64. The molecule has 0 aliphatic heterocycles. The van der Waals surface area contributed by atoms with Crippen LogP contribution in [0.5, 0.6) is 23.0 Å². The molecule has 176 valence electrons. The van der Waals surface area contributed by atoms with E-state index in [4.69, 9.17) is 18.9 Å². The van der Waals surface area contributed by atoms with E-state index >= 15 is 0 Å². The molecule has 32 heavy (non-hydrogen) atoms. The fourth-order valence-corrected chi connectivity index (χ4v) is 3.41. The standard InChI is InChI=1S/C26H36O6/c1-5-9-11-13-24(27)31-22-18-23(30-8-4)26(32-25(28)14-12-10-6-2)20-16-15-19(29-7-3)17-21(20)22/h15-18H,5-14H2,1-4H3. The van der Waals surface area contributed by atoms with Crippen LogP contribution in [0.3, 0.4) is 0 Å². The van der Waals surface area contributed by atoms with Gasteiger partial charge in [0.25, 0.3) is 0 Å². The molecule has 0 radical (unpaired) electrons. The van der Waals surface area contributed by atoms with E-state index in [9.17, 15) is 9.59 Å². The summed E-state index contributed by atoms with van der Waals surface area (Å²) in [7, 11) is 0. The van der Waals surface area contributed by atoms with Gasteiger partial charge in [0.1, 0.15) is 11.5 Å². The van der Waals surface area contributed by atoms with Crippen LogP contribution in [0.25, 0.3) is 10.8 Å². The molecular formula is C26H36O6. The van der Waals surface area contributed by atoms with Gasteiger partial charge in [0.15, 0.2) is 11.5 Å². The van der Waals surface area contributed by atoms with Crippen molar-refractivity contribution in [2.24, 2.45) is 0 Å². The minimum absolute atomic E-state index is 0.298. The minimum Gasteiger partial charge on any atom is -0.494 e. The van der Waals surface area contributed by atoms with Crippen molar-refractivity contribution in [1.82, 2.24) is 0 Å². The lowest BCUT2D eigenvalue weighted by molar-refractivity contribution is -0.135. The molecule has 0 saturated heterocycles. The topological polar surface area (TPSA) is 71.1 Å². The predicted molar refractivity (Wildman–Crippen MR) is 126 cm³/mol. The van der Waals surface area contributed by atoms with Crippen molar-refractivity contribution in [3.8, 4) is 23.0 Å². The Morgan fingerprint density at radius 3 is 1.91 bits per heavy atom. The third kappa shape index (κ3) is 7.43. The number of fused-ring (bicyclic) bond motifs is 1. The highest BCUT2D eigenvalue weighted by Crippen LogP contribution is 2.43. The van der Waals surface area contributed by atoms with Gasteiger partial charge in [-0.2, -0.15) is 0 Å². The Labute approximate surface area is 191 Å². The number of carbonyl (C=O) groups is 2. The monoisotopic (exact) mass is 444 g/mol. The summed E-state index contributed by atoms with van der Waals surface area (Å²) >= 11 is 0. The first-order chi connectivity index (χ1) is 15.5. The molecule has 0 N–H and O–H groups in total. The first-order valence-corrected chi connectivity index (χ1v) is 11.8. The van der Waals surface area contributed by atoms with E-state index in [1.54, 1.807) is 12.1 Å². The average molecular weight is 445 g/mol. The zero-order valence-electron chi connectivity index (χ0n) is 19.8. The summed E-state index contributed by atoms with van der Waals surface area (Å²) in [5.74, 6) is 1.14. The largest absolute Gasteiger partial charge is 0.494 e. The lowest BCUT2D eigenvalue weighted by Crippen LogP contribution is -2.11. The first kappa shape index (κ1) is 25.5. The molecule has 0 aliphatic carbocycles. The Morgan fingerprint density at radius 1 is 0.688 bits per heavy atom. The molecule has 0 spiro atoms. The van der Waals surface area contributed by atoms with E-state index in [1.807, 2.05) is 26.0 Å². The van der Waals surface area contributed by atoms with Gasteiger partial charge in [-0.15, -0.1) is 0 Å². The molecule has 0 aliphatic rings. The number of hydrogen-bond acceptors (Lipinski definition) is 6. The molecule has 0 aromatic heterocycles. The van der Waals surface area contributed by atoms with Gasteiger partial charge in [0.2, 0.25) is 0 Å². The van der Waals surface area contributed by atoms with Crippen molar-refractivity contribution >= 4 is 22.7 Å². The van der Waals surface area contributed by atoms with Gasteiger partial charge in [0, 0.05) is 29.7 Å². The van der Waals surface area contributed by atoms with Gasteiger partial charge in [-0.1, -0.05) is 39.5 Å². The van der Waals surface area contributed by atoms with Crippen LogP contribution in [-0.4, -0.2) is 25.2 Å². The van der Waals surface area contributed by atoms with Crippen LogP contribution >= 0.6 is 0 Å². The van der Waals surface area contributed by atoms with E-state index in [-0.39, 0.29) is 11.9 Å². The lowest BCUT2D eigenvalue weighted by atomic mass is 10.1. The van der Waals surface area contributed by atoms with Crippen LogP contribution in [0.1, 0.15) is 79.1 Å². The summed E-state index contributed by atoms with van der Waals surface area (Å²) in [6.45, 7) is 8.82. The van der Waals surface area contributed by atoms with Gasteiger partial charge < -0.3 is 18.9 Å². The molecule has 2 aromatic carbocycles. The van der Waals surface area contributed by atoms with Crippen LogP contribution < -0.4 is 18.9 Å². The normalized spacial score (nSPS) is 10.8. The maximum Gasteiger partial charge on any atom is 0.311 e. The number of rotatable bonds is 14. The van der Waals surface area contributed by atoms with Crippen molar-refractivity contribution < 1.29 is 28.5 Å². The van der Waals surface area contributed by atoms with Crippen molar-refractivity contribution in [2.45, 2.75) is 79.1 Å². The zero-order chi connectivity index (χ0) is 23.3. The Balaban J connectivity index is 2.46. The van der Waals surface area contributed by atoms with E-state index < -0.39 is 0 Å². The molecule has 0 atom stereocenters. The first-order valence-electron chi connectivity index (χ1n) is 11.8. The third-order valence-electron chi connectivity index (χ3n) is 5.01. The molecule has 2 aromatic rings.